The van der Waals surface area contributed by atoms with E-state index in [4.69, 9.17) is 15.0 Å². The largest absolute Gasteiger partial charge is 0.367 e. The van der Waals surface area contributed by atoms with E-state index in [1.165, 1.54) is 77.0 Å². The van der Waals surface area contributed by atoms with Gasteiger partial charge in [-0.15, -0.1) is 0 Å². The summed E-state index contributed by atoms with van der Waals surface area (Å²) in [6.07, 6.45) is 13.8. The molecule has 0 amide bonds. The number of thioether (sulfide) groups is 2. The highest BCUT2D eigenvalue weighted by Crippen LogP contribution is 2.36. The molecule has 0 spiro atoms. The highest BCUT2D eigenvalue weighted by atomic mass is 32.2. The van der Waals surface area contributed by atoms with Gasteiger partial charge < -0.3 is 15.5 Å². The second-order valence-corrected chi connectivity index (χ2v) is 14.8. The molecule has 0 bridgehead atoms. The third-order valence-corrected chi connectivity index (χ3v) is 9.38. The van der Waals surface area contributed by atoms with E-state index in [-0.39, 0.29) is 5.41 Å². The van der Waals surface area contributed by atoms with E-state index in [0.29, 0.717) is 5.95 Å². The third kappa shape index (κ3) is 12.8. The van der Waals surface area contributed by atoms with Crippen molar-refractivity contribution in [2.24, 2.45) is 0 Å². The van der Waals surface area contributed by atoms with Gasteiger partial charge in [0, 0.05) is 22.6 Å². The number of unbranched alkanes of at least 4 members (excludes halogenated alkanes) is 10. The standard InChI is InChI=1S/C33H56N4O2S2/c1-8-10-12-14-16-18-22-40-30-35-29(36-31(37-30)41-23-19-17-15-13-11-9-2)34-27-21-20-25(33(6,7)28(38)39)24-26(27)32(3,4)5/h20-21,24,28,38-39H,8-19,22-23H2,1-7H3,(H,34,35,36,37). The van der Waals surface area contributed by atoms with Gasteiger partial charge in [0.2, 0.25) is 5.95 Å². The average Bonchev–Trinajstić information content (AvgIpc) is 2.91. The number of aliphatic hydroxyl groups excluding tert-OH is 1. The van der Waals surface area contributed by atoms with Crippen molar-refractivity contribution in [1.82, 2.24) is 15.0 Å². The summed E-state index contributed by atoms with van der Waals surface area (Å²) in [6, 6.07) is 6.04. The molecule has 41 heavy (non-hydrogen) atoms. The van der Waals surface area contributed by atoms with E-state index in [0.717, 1.165) is 38.6 Å². The summed E-state index contributed by atoms with van der Waals surface area (Å²) in [6.45, 7) is 14.7. The van der Waals surface area contributed by atoms with Crippen LogP contribution in [0.15, 0.2) is 28.5 Å². The zero-order valence-electron chi connectivity index (χ0n) is 26.8. The molecule has 8 heteroatoms. The van der Waals surface area contributed by atoms with Gasteiger partial charge in [-0.25, -0.2) is 0 Å². The lowest BCUT2D eigenvalue weighted by molar-refractivity contribution is -0.0891. The lowest BCUT2D eigenvalue weighted by atomic mass is 9.78. The number of aromatic nitrogens is 3. The molecule has 6 nitrogen and oxygen atoms in total. The Balaban J connectivity index is 2.22. The van der Waals surface area contributed by atoms with Gasteiger partial charge in [0.05, 0.1) is 0 Å². The Kier molecular flexibility index (Phi) is 16.0. The molecular formula is C33H56N4O2S2. The molecule has 232 valence electrons. The molecule has 2 rings (SSSR count). The maximum absolute atomic E-state index is 9.99. The van der Waals surface area contributed by atoms with E-state index >= 15 is 0 Å². The van der Waals surface area contributed by atoms with Crippen LogP contribution in [-0.2, 0) is 10.8 Å². The molecule has 1 aromatic heterocycles. The smallest absolute Gasteiger partial charge is 0.232 e. The van der Waals surface area contributed by atoms with Gasteiger partial charge in [0.1, 0.15) is 0 Å². The fourth-order valence-electron chi connectivity index (χ4n) is 4.56. The first-order chi connectivity index (χ1) is 19.5. The molecule has 0 fully saturated rings. The molecule has 0 atom stereocenters. The second-order valence-electron chi connectivity index (χ2n) is 12.7. The Morgan fingerprint density at radius 3 is 1.66 bits per heavy atom. The van der Waals surface area contributed by atoms with Crippen LogP contribution in [-0.4, -0.2) is 43.0 Å². The van der Waals surface area contributed by atoms with E-state index in [2.05, 4.69) is 46.0 Å². The molecule has 0 aliphatic heterocycles. The maximum atomic E-state index is 9.99. The van der Waals surface area contributed by atoms with Crippen molar-refractivity contribution >= 4 is 35.2 Å². The predicted octanol–water partition coefficient (Wildman–Crippen LogP) is 9.41. The van der Waals surface area contributed by atoms with Crippen LogP contribution in [0.5, 0.6) is 0 Å². The number of hydrogen-bond acceptors (Lipinski definition) is 8. The van der Waals surface area contributed by atoms with Gasteiger partial charge in [0.15, 0.2) is 16.6 Å². The molecule has 0 saturated heterocycles. The van der Waals surface area contributed by atoms with Crippen molar-refractivity contribution in [3.63, 3.8) is 0 Å². The first-order valence-corrected chi connectivity index (χ1v) is 17.8. The Hall–Kier alpha value is -1.35. The number of nitrogens with zero attached hydrogens (tertiary/aromatic N) is 3. The molecule has 3 N–H and O–H groups in total. The van der Waals surface area contributed by atoms with E-state index in [1.807, 2.05) is 26.0 Å². The van der Waals surface area contributed by atoms with Crippen LogP contribution in [0, 0.1) is 0 Å². The second kappa shape index (κ2) is 18.3. The molecule has 0 saturated carbocycles. The van der Waals surface area contributed by atoms with Crippen LogP contribution in [0.2, 0.25) is 0 Å². The summed E-state index contributed by atoms with van der Waals surface area (Å²) in [5.74, 6) is 2.59. The normalized spacial score (nSPS) is 12.3. The minimum Gasteiger partial charge on any atom is -0.367 e. The number of nitrogens with one attached hydrogen (secondary N) is 1. The highest BCUT2D eigenvalue weighted by Gasteiger charge is 2.30. The van der Waals surface area contributed by atoms with Crippen molar-refractivity contribution in [3.05, 3.63) is 29.3 Å². The summed E-state index contributed by atoms with van der Waals surface area (Å²) in [7, 11) is 0. The first kappa shape index (κ1) is 35.8. The van der Waals surface area contributed by atoms with Crippen LogP contribution < -0.4 is 5.32 Å². The predicted molar refractivity (Wildman–Crippen MR) is 178 cm³/mol. The lowest BCUT2D eigenvalue weighted by Crippen LogP contribution is -2.33. The van der Waals surface area contributed by atoms with Gasteiger partial charge >= 0.3 is 0 Å². The molecule has 0 unspecified atom stereocenters. The monoisotopic (exact) mass is 604 g/mol. The molecule has 0 aliphatic rings. The van der Waals surface area contributed by atoms with Crippen LogP contribution in [0.25, 0.3) is 0 Å². The summed E-state index contributed by atoms with van der Waals surface area (Å²) in [5, 5.41) is 25.0. The topological polar surface area (TPSA) is 91.2 Å². The molecule has 1 aromatic carbocycles. The van der Waals surface area contributed by atoms with Crippen LogP contribution in [0.4, 0.5) is 11.6 Å². The Morgan fingerprint density at radius 2 is 1.20 bits per heavy atom. The van der Waals surface area contributed by atoms with Gasteiger partial charge in [0.25, 0.3) is 0 Å². The van der Waals surface area contributed by atoms with Crippen LogP contribution in [0.1, 0.15) is 137 Å². The van der Waals surface area contributed by atoms with Crippen molar-refractivity contribution < 1.29 is 10.2 Å². The van der Waals surface area contributed by atoms with Gasteiger partial charge in [-0.1, -0.05) is 148 Å². The molecular weight excluding hydrogens is 549 g/mol. The van der Waals surface area contributed by atoms with E-state index in [9.17, 15) is 10.2 Å². The van der Waals surface area contributed by atoms with Gasteiger partial charge in [-0.2, -0.15) is 15.0 Å². The highest BCUT2D eigenvalue weighted by molar-refractivity contribution is 7.99. The number of aliphatic hydroxyl groups is 2. The van der Waals surface area contributed by atoms with E-state index in [1.54, 1.807) is 23.5 Å². The van der Waals surface area contributed by atoms with Crippen LogP contribution in [0.3, 0.4) is 0 Å². The molecule has 2 aromatic rings. The fourth-order valence-corrected chi connectivity index (χ4v) is 6.28. The Bertz CT molecular complexity index is 989. The summed E-state index contributed by atoms with van der Waals surface area (Å²) >= 11 is 3.45. The van der Waals surface area contributed by atoms with Crippen molar-refractivity contribution in [1.29, 1.82) is 0 Å². The number of hydrogen-bond donors (Lipinski definition) is 3. The van der Waals surface area contributed by atoms with Crippen molar-refractivity contribution in [3.8, 4) is 0 Å². The molecule has 0 radical (unpaired) electrons. The molecule has 0 aliphatic carbocycles. The first-order valence-electron chi connectivity index (χ1n) is 15.8. The minimum atomic E-state index is -1.45. The Morgan fingerprint density at radius 1 is 0.707 bits per heavy atom. The van der Waals surface area contributed by atoms with E-state index < -0.39 is 11.7 Å². The lowest BCUT2D eigenvalue weighted by Gasteiger charge is -2.31. The average molecular weight is 605 g/mol. The number of rotatable bonds is 20. The van der Waals surface area contributed by atoms with Crippen molar-refractivity contribution in [2.45, 2.75) is 153 Å². The summed E-state index contributed by atoms with van der Waals surface area (Å²) < 4.78 is 0. The number of benzene rings is 1. The third-order valence-electron chi connectivity index (χ3n) is 7.52. The van der Waals surface area contributed by atoms with Crippen LogP contribution >= 0.6 is 23.5 Å². The maximum Gasteiger partial charge on any atom is 0.232 e. The summed E-state index contributed by atoms with van der Waals surface area (Å²) in [5.41, 5.74) is 1.92. The van der Waals surface area contributed by atoms with Crippen molar-refractivity contribution in [2.75, 3.05) is 16.8 Å². The Labute approximate surface area is 258 Å². The molecule has 1 heterocycles. The zero-order chi connectivity index (χ0) is 30.3. The van der Waals surface area contributed by atoms with Gasteiger partial charge in [-0.05, 0) is 35.4 Å². The quantitative estimate of drug-likeness (QED) is 0.0782. The SMILES string of the molecule is CCCCCCCCSc1nc(Nc2ccc(C(C)(C)C(O)O)cc2C(C)(C)C)nc(SCCCCCCCC)n1. The number of anilines is 2. The summed E-state index contributed by atoms with van der Waals surface area (Å²) in [4.78, 5) is 14.4. The fraction of sp³-hybridized carbons (Fsp3) is 0.727. The zero-order valence-corrected chi connectivity index (χ0v) is 28.4. The van der Waals surface area contributed by atoms with Gasteiger partial charge in [-0.3, -0.25) is 0 Å². The minimum absolute atomic E-state index is 0.174.